The Bertz CT molecular complexity index is 580. The molecule has 1 saturated heterocycles. The highest BCUT2D eigenvalue weighted by atomic mass is 35.5. The minimum atomic E-state index is -0.512. The maximum Gasteiger partial charge on any atom is 0.244 e. The van der Waals surface area contributed by atoms with Crippen LogP contribution in [0, 0.1) is 0 Å². The molecule has 0 aliphatic carbocycles. The van der Waals surface area contributed by atoms with Crippen molar-refractivity contribution >= 4 is 46.8 Å². The highest BCUT2D eigenvalue weighted by Gasteiger charge is 2.39. The first-order valence-corrected chi connectivity index (χ1v) is 8.22. The molecule has 1 aliphatic heterocycles. The monoisotopic (exact) mass is 346 g/mol. The van der Waals surface area contributed by atoms with E-state index in [4.69, 9.17) is 23.2 Å². The number of rotatable bonds is 3. The van der Waals surface area contributed by atoms with Gasteiger partial charge in [0.2, 0.25) is 11.8 Å². The van der Waals surface area contributed by atoms with Gasteiger partial charge in [0.25, 0.3) is 0 Å². The van der Waals surface area contributed by atoms with E-state index in [9.17, 15) is 9.59 Å². The topological polar surface area (TPSA) is 40.6 Å². The lowest BCUT2D eigenvalue weighted by atomic mass is 10.1. The third kappa shape index (κ3) is 3.30. The number of hydrogen-bond donors (Lipinski definition) is 0. The van der Waals surface area contributed by atoms with E-state index < -0.39 is 6.04 Å². The van der Waals surface area contributed by atoms with Crippen LogP contribution in [0.25, 0.3) is 0 Å². The molecular weight excluding hydrogens is 331 g/mol. The number of hydrogen-bond acceptors (Lipinski definition) is 3. The normalized spacial score (nSPS) is 19.8. The Kier molecular flexibility index (Phi) is 5.07. The van der Waals surface area contributed by atoms with Gasteiger partial charge in [-0.25, -0.2) is 0 Å². The lowest BCUT2D eigenvalue weighted by Gasteiger charge is -2.31. The number of thioether (sulfide) groups is 1. The first-order chi connectivity index (χ1) is 9.82. The summed E-state index contributed by atoms with van der Waals surface area (Å²) in [4.78, 5) is 27.4. The van der Waals surface area contributed by atoms with Gasteiger partial charge in [-0.1, -0.05) is 29.3 Å². The fraction of sp³-hybridized carbons (Fsp3) is 0.429. The average molecular weight is 347 g/mol. The number of amides is 2. The van der Waals surface area contributed by atoms with E-state index in [1.54, 1.807) is 38.1 Å². The molecule has 2 rings (SSSR count). The molecule has 1 fully saturated rings. The summed E-state index contributed by atoms with van der Waals surface area (Å²) >= 11 is 13.5. The summed E-state index contributed by atoms with van der Waals surface area (Å²) in [5, 5.41) is 0.700. The SMILES string of the molecule is CC(C(=O)N(C)C)N1C(=O)CSC1c1ccc(Cl)c(Cl)c1. The van der Waals surface area contributed by atoms with E-state index >= 15 is 0 Å². The molecule has 0 N–H and O–H groups in total. The average Bonchev–Trinajstić information content (AvgIpc) is 2.82. The number of likely N-dealkylation sites (N-methyl/N-ethyl adjacent to an activating group) is 1. The number of nitrogens with zero attached hydrogens (tertiary/aromatic N) is 2. The molecule has 1 aromatic carbocycles. The molecule has 114 valence electrons. The molecule has 4 nitrogen and oxygen atoms in total. The number of halogens is 2. The van der Waals surface area contributed by atoms with Gasteiger partial charge in [0.15, 0.2) is 0 Å². The van der Waals surface area contributed by atoms with Gasteiger partial charge in [0.1, 0.15) is 11.4 Å². The van der Waals surface area contributed by atoms with Crippen molar-refractivity contribution in [3.05, 3.63) is 33.8 Å². The summed E-state index contributed by atoms with van der Waals surface area (Å²) in [6.07, 6.45) is 0. The molecule has 1 aliphatic rings. The molecule has 2 unspecified atom stereocenters. The van der Waals surface area contributed by atoms with Crippen LogP contribution in [0.15, 0.2) is 18.2 Å². The smallest absolute Gasteiger partial charge is 0.244 e. The second-order valence-corrected chi connectivity index (χ2v) is 6.93. The van der Waals surface area contributed by atoms with Gasteiger partial charge in [0, 0.05) is 14.1 Å². The first kappa shape index (κ1) is 16.5. The zero-order chi connectivity index (χ0) is 15.7. The largest absolute Gasteiger partial charge is 0.347 e. The summed E-state index contributed by atoms with van der Waals surface area (Å²) in [5.41, 5.74) is 0.874. The van der Waals surface area contributed by atoms with Crippen molar-refractivity contribution in [1.82, 2.24) is 9.80 Å². The van der Waals surface area contributed by atoms with E-state index in [-0.39, 0.29) is 17.2 Å². The summed E-state index contributed by atoms with van der Waals surface area (Å²) in [6.45, 7) is 1.75. The molecular formula is C14H16Cl2N2O2S. The molecule has 0 saturated carbocycles. The van der Waals surface area contributed by atoms with E-state index in [0.29, 0.717) is 15.8 Å². The Hall–Kier alpha value is -0.910. The van der Waals surface area contributed by atoms with Crippen molar-refractivity contribution in [3.8, 4) is 0 Å². The van der Waals surface area contributed by atoms with E-state index in [0.717, 1.165) is 5.56 Å². The van der Waals surface area contributed by atoms with E-state index in [1.165, 1.54) is 16.7 Å². The van der Waals surface area contributed by atoms with E-state index in [1.807, 2.05) is 6.07 Å². The quantitative estimate of drug-likeness (QED) is 0.844. The fourth-order valence-electron chi connectivity index (χ4n) is 2.27. The summed E-state index contributed by atoms with van der Waals surface area (Å²) in [5.74, 6) is 0.213. The first-order valence-electron chi connectivity index (χ1n) is 6.41. The van der Waals surface area contributed by atoms with Gasteiger partial charge < -0.3 is 9.80 Å². The van der Waals surface area contributed by atoms with Crippen LogP contribution < -0.4 is 0 Å². The lowest BCUT2D eigenvalue weighted by Crippen LogP contribution is -2.46. The maximum absolute atomic E-state index is 12.2. The van der Waals surface area contributed by atoms with Crippen molar-refractivity contribution in [2.75, 3.05) is 19.8 Å². The Morgan fingerprint density at radius 2 is 2.05 bits per heavy atom. The van der Waals surface area contributed by atoms with Crippen LogP contribution in [0.5, 0.6) is 0 Å². The van der Waals surface area contributed by atoms with Gasteiger partial charge in [-0.2, -0.15) is 0 Å². The Morgan fingerprint density at radius 3 is 2.62 bits per heavy atom. The predicted molar refractivity (Wildman–Crippen MR) is 86.7 cm³/mol. The van der Waals surface area contributed by atoms with Gasteiger partial charge in [0.05, 0.1) is 15.8 Å². The third-order valence-electron chi connectivity index (χ3n) is 3.35. The van der Waals surface area contributed by atoms with Crippen LogP contribution >= 0.6 is 35.0 Å². The van der Waals surface area contributed by atoms with Crippen molar-refractivity contribution in [1.29, 1.82) is 0 Å². The number of benzene rings is 1. The second kappa shape index (κ2) is 6.46. The van der Waals surface area contributed by atoms with Gasteiger partial charge in [-0.15, -0.1) is 11.8 Å². The Morgan fingerprint density at radius 1 is 1.38 bits per heavy atom. The van der Waals surface area contributed by atoms with Crippen molar-refractivity contribution in [2.24, 2.45) is 0 Å². The molecule has 1 heterocycles. The molecule has 2 amide bonds. The van der Waals surface area contributed by atoms with Crippen LogP contribution in [0.4, 0.5) is 0 Å². The van der Waals surface area contributed by atoms with Gasteiger partial charge in [-0.05, 0) is 24.6 Å². The minimum absolute atomic E-state index is 0.0428. The summed E-state index contributed by atoms with van der Waals surface area (Å²) < 4.78 is 0. The van der Waals surface area contributed by atoms with Crippen molar-refractivity contribution < 1.29 is 9.59 Å². The number of carbonyl (C=O) groups excluding carboxylic acids is 2. The van der Waals surface area contributed by atoms with Gasteiger partial charge >= 0.3 is 0 Å². The molecule has 21 heavy (non-hydrogen) atoms. The highest BCUT2D eigenvalue weighted by molar-refractivity contribution is 8.00. The standard InChI is InChI=1S/C14H16Cl2N2O2S/c1-8(13(20)17(2)3)18-12(19)7-21-14(18)9-4-5-10(15)11(16)6-9/h4-6,8,14H,7H2,1-3H3. The summed E-state index contributed by atoms with van der Waals surface area (Å²) in [7, 11) is 3.36. The lowest BCUT2D eigenvalue weighted by molar-refractivity contribution is -0.142. The van der Waals surface area contributed by atoms with Crippen LogP contribution in [0.1, 0.15) is 17.9 Å². The molecule has 1 aromatic rings. The Labute approximate surface area is 138 Å². The Balaban J connectivity index is 2.32. The molecule has 0 aromatic heterocycles. The van der Waals surface area contributed by atoms with Crippen LogP contribution in [-0.2, 0) is 9.59 Å². The van der Waals surface area contributed by atoms with Crippen molar-refractivity contribution in [3.63, 3.8) is 0 Å². The van der Waals surface area contributed by atoms with Crippen molar-refractivity contribution in [2.45, 2.75) is 18.3 Å². The molecule has 0 bridgehead atoms. The predicted octanol–water partition coefficient (Wildman–Crippen LogP) is 3.04. The van der Waals surface area contributed by atoms with E-state index in [2.05, 4.69) is 0 Å². The fourth-order valence-corrected chi connectivity index (χ4v) is 3.83. The minimum Gasteiger partial charge on any atom is -0.347 e. The number of carbonyl (C=O) groups is 2. The second-order valence-electron chi connectivity index (χ2n) is 5.05. The summed E-state index contributed by atoms with van der Waals surface area (Å²) in [6, 6.07) is 4.78. The molecule has 2 atom stereocenters. The molecule has 0 spiro atoms. The third-order valence-corrected chi connectivity index (χ3v) is 5.32. The maximum atomic E-state index is 12.2. The van der Waals surface area contributed by atoms with Gasteiger partial charge in [-0.3, -0.25) is 9.59 Å². The van der Waals surface area contributed by atoms with Crippen LogP contribution in [0.3, 0.4) is 0 Å². The molecule has 0 radical (unpaired) electrons. The molecule has 7 heteroatoms. The van der Waals surface area contributed by atoms with Crippen LogP contribution in [-0.4, -0.2) is 47.5 Å². The van der Waals surface area contributed by atoms with Crippen LogP contribution in [0.2, 0.25) is 10.0 Å². The highest BCUT2D eigenvalue weighted by Crippen LogP contribution is 2.41. The zero-order valence-electron chi connectivity index (χ0n) is 12.0. The zero-order valence-corrected chi connectivity index (χ0v) is 14.3.